The predicted molar refractivity (Wildman–Crippen MR) is 130 cm³/mol. The Morgan fingerprint density at radius 3 is 2.36 bits per heavy atom. The van der Waals surface area contributed by atoms with Crippen molar-refractivity contribution >= 4 is 49.1 Å². The molecular formula is C24H19F2N3O5S2. The minimum absolute atomic E-state index is 0.0333. The van der Waals surface area contributed by atoms with Gasteiger partial charge in [-0.05, 0) is 49.4 Å². The molecule has 0 saturated heterocycles. The van der Waals surface area contributed by atoms with E-state index >= 15 is 0 Å². The highest BCUT2D eigenvalue weighted by molar-refractivity contribution is 7.92. The van der Waals surface area contributed by atoms with Gasteiger partial charge < -0.3 is 9.30 Å². The number of carbonyl (C=O) groups is 2. The number of rotatable bonds is 6. The van der Waals surface area contributed by atoms with Gasteiger partial charge >= 0.3 is 5.97 Å². The maximum absolute atomic E-state index is 14.5. The van der Waals surface area contributed by atoms with Gasteiger partial charge in [0.15, 0.2) is 10.6 Å². The van der Waals surface area contributed by atoms with E-state index in [0.717, 1.165) is 34.6 Å². The van der Waals surface area contributed by atoms with Gasteiger partial charge in [-0.1, -0.05) is 29.0 Å². The lowest BCUT2D eigenvalue weighted by Gasteiger charge is -2.08. The molecule has 0 fully saturated rings. The second-order valence-electron chi connectivity index (χ2n) is 7.69. The van der Waals surface area contributed by atoms with Crippen LogP contribution in [0.4, 0.5) is 14.5 Å². The monoisotopic (exact) mass is 531 g/mol. The summed E-state index contributed by atoms with van der Waals surface area (Å²) in [6.07, 6.45) is 0. The number of anilines is 1. The second kappa shape index (κ2) is 9.99. The van der Waals surface area contributed by atoms with Crippen molar-refractivity contribution < 1.29 is 31.5 Å². The van der Waals surface area contributed by atoms with Crippen LogP contribution in [0, 0.1) is 18.6 Å². The highest BCUT2D eigenvalue weighted by atomic mass is 32.2. The minimum atomic E-state index is -3.82. The van der Waals surface area contributed by atoms with E-state index in [1.807, 2.05) is 6.92 Å². The van der Waals surface area contributed by atoms with E-state index in [1.165, 1.54) is 36.4 Å². The first-order valence-electron chi connectivity index (χ1n) is 10.4. The molecule has 0 unspecified atom stereocenters. The molecule has 0 saturated carbocycles. The number of ether oxygens (including phenoxy) is 1. The molecule has 4 rings (SSSR count). The van der Waals surface area contributed by atoms with Gasteiger partial charge in [0.2, 0.25) is 0 Å². The molecule has 3 aromatic carbocycles. The molecule has 0 bridgehead atoms. The van der Waals surface area contributed by atoms with Crippen LogP contribution in [0.1, 0.15) is 15.9 Å². The van der Waals surface area contributed by atoms with Crippen LogP contribution in [-0.2, 0) is 26.1 Å². The molecular weight excluding hydrogens is 512 g/mol. The van der Waals surface area contributed by atoms with E-state index in [4.69, 9.17) is 0 Å². The standard InChI is InChI=1S/C24H19F2N3O5S2/c1-14-3-9-18(10-4-14)36(32,33)28-17-7-5-15(6-8-17)23(31)27-24-29(13-21(30)34-2)22-19(26)11-16(25)12-20(22)35-24/h3-12,28H,13H2,1-2H3. The Hall–Kier alpha value is -3.90. The predicted octanol–water partition coefficient (Wildman–Crippen LogP) is 4.00. The fraction of sp³-hybridized carbons (Fsp3) is 0.125. The summed E-state index contributed by atoms with van der Waals surface area (Å²) in [5.74, 6) is -3.16. The van der Waals surface area contributed by atoms with Crippen LogP contribution in [0.25, 0.3) is 10.2 Å². The number of methoxy groups -OCH3 is 1. The van der Waals surface area contributed by atoms with Crippen LogP contribution in [0.15, 0.2) is 70.6 Å². The number of esters is 1. The summed E-state index contributed by atoms with van der Waals surface area (Å²) in [6, 6.07) is 13.6. The van der Waals surface area contributed by atoms with Crippen molar-refractivity contribution in [3.63, 3.8) is 0 Å². The van der Waals surface area contributed by atoms with E-state index in [0.29, 0.717) is 6.07 Å². The van der Waals surface area contributed by atoms with Crippen LogP contribution in [0.5, 0.6) is 0 Å². The van der Waals surface area contributed by atoms with Gasteiger partial charge in [0, 0.05) is 17.3 Å². The molecule has 0 radical (unpaired) electrons. The number of halogens is 2. The van der Waals surface area contributed by atoms with Crippen LogP contribution in [0.3, 0.4) is 0 Å². The molecule has 0 aliphatic heterocycles. The number of amides is 1. The maximum atomic E-state index is 14.5. The number of nitrogens with zero attached hydrogens (tertiary/aromatic N) is 2. The third-order valence-electron chi connectivity index (χ3n) is 5.12. The molecule has 36 heavy (non-hydrogen) atoms. The number of aromatic nitrogens is 1. The molecule has 1 N–H and O–H groups in total. The first-order chi connectivity index (χ1) is 17.1. The Balaban J connectivity index is 1.65. The SMILES string of the molecule is COC(=O)Cn1c(=NC(=O)c2ccc(NS(=O)(=O)c3ccc(C)cc3)cc2)sc2cc(F)cc(F)c21. The van der Waals surface area contributed by atoms with Gasteiger partial charge in [0.25, 0.3) is 15.9 Å². The zero-order chi connectivity index (χ0) is 26.0. The molecule has 1 aromatic heterocycles. The average molecular weight is 532 g/mol. The Morgan fingerprint density at radius 1 is 1.06 bits per heavy atom. The van der Waals surface area contributed by atoms with Crippen molar-refractivity contribution in [3.05, 3.63) is 88.2 Å². The Kier molecular flexibility index (Phi) is 7.00. The van der Waals surface area contributed by atoms with Gasteiger partial charge in [-0.25, -0.2) is 17.2 Å². The van der Waals surface area contributed by atoms with Crippen LogP contribution < -0.4 is 9.52 Å². The van der Waals surface area contributed by atoms with Crippen molar-refractivity contribution in [2.24, 2.45) is 4.99 Å². The third-order valence-corrected chi connectivity index (χ3v) is 7.55. The highest BCUT2D eigenvalue weighted by Gasteiger charge is 2.18. The molecule has 1 heterocycles. The number of aryl methyl sites for hydroxylation is 1. The number of nitrogens with one attached hydrogen (secondary N) is 1. The summed E-state index contributed by atoms with van der Waals surface area (Å²) in [7, 11) is -2.67. The van der Waals surface area contributed by atoms with E-state index in [9.17, 15) is 26.8 Å². The van der Waals surface area contributed by atoms with E-state index in [1.54, 1.807) is 12.1 Å². The highest BCUT2D eigenvalue weighted by Crippen LogP contribution is 2.23. The Labute approximate surface area is 208 Å². The summed E-state index contributed by atoms with van der Waals surface area (Å²) in [5.41, 5.74) is 1.17. The molecule has 0 spiro atoms. The molecule has 0 atom stereocenters. The van der Waals surface area contributed by atoms with Crippen LogP contribution in [-0.4, -0.2) is 32.0 Å². The summed E-state index contributed by atoms with van der Waals surface area (Å²) in [6.45, 7) is 1.40. The zero-order valence-corrected chi connectivity index (χ0v) is 20.6. The average Bonchev–Trinajstić information content (AvgIpc) is 3.15. The van der Waals surface area contributed by atoms with Crippen LogP contribution in [0.2, 0.25) is 0 Å². The van der Waals surface area contributed by atoms with Gasteiger partial charge in [0.05, 0.1) is 22.2 Å². The molecule has 0 aliphatic carbocycles. The first kappa shape index (κ1) is 25.2. The molecule has 12 heteroatoms. The summed E-state index contributed by atoms with van der Waals surface area (Å²) in [5, 5.41) is 0. The number of hydrogen-bond donors (Lipinski definition) is 1. The van der Waals surface area contributed by atoms with Crippen molar-refractivity contribution in [2.75, 3.05) is 11.8 Å². The third kappa shape index (κ3) is 5.34. The van der Waals surface area contributed by atoms with Gasteiger partial charge in [-0.15, -0.1) is 0 Å². The fourth-order valence-electron chi connectivity index (χ4n) is 3.32. The first-order valence-corrected chi connectivity index (χ1v) is 12.7. The zero-order valence-electron chi connectivity index (χ0n) is 19.0. The molecule has 4 aromatic rings. The quantitative estimate of drug-likeness (QED) is 0.379. The lowest BCUT2D eigenvalue weighted by molar-refractivity contribution is -0.141. The lowest BCUT2D eigenvalue weighted by atomic mass is 10.2. The second-order valence-corrected chi connectivity index (χ2v) is 10.4. The number of fused-ring (bicyclic) bond motifs is 1. The fourth-order valence-corrected chi connectivity index (χ4v) is 5.44. The van der Waals surface area contributed by atoms with Crippen molar-refractivity contribution in [3.8, 4) is 0 Å². The summed E-state index contributed by atoms with van der Waals surface area (Å²) < 4.78 is 61.7. The number of carbonyl (C=O) groups excluding carboxylic acids is 2. The smallest absolute Gasteiger partial charge is 0.325 e. The number of benzene rings is 3. The molecule has 186 valence electrons. The molecule has 8 nitrogen and oxygen atoms in total. The Morgan fingerprint density at radius 2 is 1.72 bits per heavy atom. The number of hydrogen-bond acceptors (Lipinski definition) is 6. The van der Waals surface area contributed by atoms with Gasteiger partial charge in [-0.3, -0.25) is 14.3 Å². The Bertz CT molecular complexity index is 1640. The topological polar surface area (TPSA) is 107 Å². The van der Waals surface area contributed by atoms with Crippen molar-refractivity contribution in [1.29, 1.82) is 0 Å². The summed E-state index contributed by atoms with van der Waals surface area (Å²) in [4.78, 5) is 28.7. The van der Waals surface area contributed by atoms with Gasteiger partial charge in [-0.2, -0.15) is 4.99 Å². The van der Waals surface area contributed by atoms with Gasteiger partial charge in [0.1, 0.15) is 12.4 Å². The summed E-state index contributed by atoms with van der Waals surface area (Å²) >= 11 is 0.833. The molecule has 0 aliphatic rings. The maximum Gasteiger partial charge on any atom is 0.325 e. The number of thiazole rings is 1. The lowest BCUT2D eigenvalue weighted by Crippen LogP contribution is -2.23. The minimum Gasteiger partial charge on any atom is -0.468 e. The van der Waals surface area contributed by atoms with Crippen LogP contribution >= 0.6 is 11.3 Å². The van der Waals surface area contributed by atoms with E-state index in [-0.39, 0.29) is 31.2 Å². The molecule has 1 amide bonds. The largest absolute Gasteiger partial charge is 0.468 e. The van der Waals surface area contributed by atoms with E-state index in [2.05, 4.69) is 14.5 Å². The van der Waals surface area contributed by atoms with E-state index < -0.39 is 40.1 Å². The van der Waals surface area contributed by atoms with Crippen molar-refractivity contribution in [1.82, 2.24) is 4.57 Å². The normalized spacial score (nSPS) is 12.1. The van der Waals surface area contributed by atoms with Crippen molar-refractivity contribution in [2.45, 2.75) is 18.4 Å². The number of sulfonamides is 1.